The second kappa shape index (κ2) is 5.66. The summed E-state index contributed by atoms with van der Waals surface area (Å²) in [5.74, 6) is 0.678. The zero-order chi connectivity index (χ0) is 12.9. The van der Waals surface area contributed by atoms with Crippen LogP contribution in [0.1, 0.15) is 38.1 Å². The minimum Gasteiger partial charge on any atom is -0.370 e. The van der Waals surface area contributed by atoms with E-state index in [0.717, 1.165) is 12.4 Å². The Labute approximate surface area is 103 Å². The van der Waals surface area contributed by atoms with Crippen molar-refractivity contribution in [2.24, 2.45) is 5.41 Å². The number of nitrogens with zero attached hydrogens (tertiary/aromatic N) is 1. The SMILES string of the molecule is CCNc1cc(C(=O)NCC(C)(C)C)ccn1. The highest BCUT2D eigenvalue weighted by atomic mass is 16.1. The predicted molar refractivity (Wildman–Crippen MR) is 70.2 cm³/mol. The molecule has 0 saturated heterocycles. The van der Waals surface area contributed by atoms with Crippen LogP contribution in [0.3, 0.4) is 0 Å². The molecule has 1 aromatic heterocycles. The molecule has 1 rings (SSSR count). The highest BCUT2D eigenvalue weighted by Crippen LogP contribution is 2.11. The van der Waals surface area contributed by atoms with Gasteiger partial charge in [-0.15, -0.1) is 0 Å². The third-order valence-corrected chi connectivity index (χ3v) is 2.16. The van der Waals surface area contributed by atoms with Crippen molar-refractivity contribution in [2.75, 3.05) is 18.4 Å². The molecule has 1 aromatic rings. The van der Waals surface area contributed by atoms with Crippen LogP contribution in [0.25, 0.3) is 0 Å². The van der Waals surface area contributed by atoms with E-state index < -0.39 is 0 Å². The maximum absolute atomic E-state index is 11.9. The largest absolute Gasteiger partial charge is 0.370 e. The molecule has 94 valence electrons. The lowest BCUT2D eigenvalue weighted by atomic mass is 9.97. The highest BCUT2D eigenvalue weighted by molar-refractivity contribution is 5.94. The quantitative estimate of drug-likeness (QED) is 0.842. The van der Waals surface area contributed by atoms with Crippen LogP contribution in [-0.2, 0) is 0 Å². The molecule has 0 radical (unpaired) electrons. The monoisotopic (exact) mass is 235 g/mol. The van der Waals surface area contributed by atoms with Crippen LogP contribution in [0.2, 0.25) is 0 Å². The van der Waals surface area contributed by atoms with Gasteiger partial charge in [0.15, 0.2) is 0 Å². The van der Waals surface area contributed by atoms with Gasteiger partial charge in [0.1, 0.15) is 5.82 Å². The summed E-state index contributed by atoms with van der Waals surface area (Å²) < 4.78 is 0. The number of amides is 1. The van der Waals surface area contributed by atoms with Gasteiger partial charge in [-0.2, -0.15) is 0 Å². The number of anilines is 1. The number of hydrogen-bond acceptors (Lipinski definition) is 3. The van der Waals surface area contributed by atoms with Crippen molar-refractivity contribution in [2.45, 2.75) is 27.7 Å². The number of hydrogen-bond donors (Lipinski definition) is 2. The second-order valence-electron chi connectivity index (χ2n) is 5.20. The first-order valence-corrected chi connectivity index (χ1v) is 5.90. The molecular formula is C13H21N3O. The van der Waals surface area contributed by atoms with Gasteiger partial charge in [0.05, 0.1) is 0 Å². The van der Waals surface area contributed by atoms with Crippen molar-refractivity contribution in [1.82, 2.24) is 10.3 Å². The fourth-order valence-electron chi connectivity index (χ4n) is 1.30. The third kappa shape index (κ3) is 4.85. The standard InChI is InChI=1S/C13H21N3O/c1-5-14-11-8-10(6-7-15-11)12(17)16-9-13(2,3)4/h6-8H,5,9H2,1-4H3,(H,14,15)(H,16,17). The predicted octanol–water partition coefficient (Wildman–Crippen LogP) is 2.29. The zero-order valence-electron chi connectivity index (χ0n) is 11.0. The molecule has 2 N–H and O–H groups in total. The molecular weight excluding hydrogens is 214 g/mol. The number of nitrogens with one attached hydrogen (secondary N) is 2. The number of carbonyl (C=O) groups excluding carboxylic acids is 1. The Morgan fingerprint density at radius 3 is 2.71 bits per heavy atom. The molecule has 17 heavy (non-hydrogen) atoms. The molecule has 0 aliphatic heterocycles. The molecule has 4 heteroatoms. The van der Waals surface area contributed by atoms with Crippen molar-refractivity contribution < 1.29 is 4.79 Å². The molecule has 1 heterocycles. The van der Waals surface area contributed by atoms with Gasteiger partial charge in [0.2, 0.25) is 0 Å². The van der Waals surface area contributed by atoms with Crippen molar-refractivity contribution in [3.63, 3.8) is 0 Å². The van der Waals surface area contributed by atoms with E-state index in [0.29, 0.717) is 12.1 Å². The Bertz CT molecular complexity index is 382. The highest BCUT2D eigenvalue weighted by Gasteiger charge is 2.13. The lowest BCUT2D eigenvalue weighted by Crippen LogP contribution is -2.32. The van der Waals surface area contributed by atoms with E-state index in [-0.39, 0.29) is 11.3 Å². The minimum atomic E-state index is -0.0542. The summed E-state index contributed by atoms with van der Waals surface area (Å²) in [7, 11) is 0. The Balaban J connectivity index is 2.65. The van der Waals surface area contributed by atoms with E-state index in [1.54, 1.807) is 18.3 Å². The van der Waals surface area contributed by atoms with Crippen LogP contribution in [-0.4, -0.2) is 24.0 Å². The van der Waals surface area contributed by atoms with Crippen LogP contribution < -0.4 is 10.6 Å². The second-order valence-corrected chi connectivity index (χ2v) is 5.20. The summed E-state index contributed by atoms with van der Waals surface area (Å²) in [6, 6.07) is 3.49. The summed E-state index contributed by atoms with van der Waals surface area (Å²) in [6.45, 7) is 9.70. The van der Waals surface area contributed by atoms with E-state index in [2.05, 4.69) is 36.4 Å². The lowest BCUT2D eigenvalue weighted by molar-refractivity contribution is 0.0939. The molecule has 0 saturated carbocycles. The van der Waals surface area contributed by atoms with Crippen LogP contribution >= 0.6 is 0 Å². The maximum Gasteiger partial charge on any atom is 0.251 e. The number of carbonyl (C=O) groups is 1. The van der Waals surface area contributed by atoms with Gasteiger partial charge in [-0.3, -0.25) is 4.79 Å². The van der Waals surface area contributed by atoms with Crippen molar-refractivity contribution in [3.8, 4) is 0 Å². The van der Waals surface area contributed by atoms with Gasteiger partial charge in [-0.05, 0) is 24.5 Å². The molecule has 0 bridgehead atoms. The molecule has 0 aliphatic carbocycles. The molecule has 0 fully saturated rings. The first-order valence-electron chi connectivity index (χ1n) is 5.90. The first-order chi connectivity index (χ1) is 7.92. The topological polar surface area (TPSA) is 54.0 Å². The first kappa shape index (κ1) is 13.5. The number of pyridine rings is 1. The van der Waals surface area contributed by atoms with E-state index in [1.807, 2.05) is 6.92 Å². The Hall–Kier alpha value is -1.58. The summed E-state index contributed by atoms with van der Waals surface area (Å²) in [5.41, 5.74) is 0.730. The van der Waals surface area contributed by atoms with Gasteiger partial charge < -0.3 is 10.6 Å². The minimum absolute atomic E-state index is 0.0542. The van der Waals surface area contributed by atoms with Gasteiger partial charge in [0.25, 0.3) is 5.91 Å². The fraction of sp³-hybridized carbons (Fsp3) is 0.538. The van der Waals surface area contributed by atoms with Crippen LogP contribution in [0.4, 0.5) is 5.82 Å². The maximum atomic E-state index is 11.9. The number of aromatic nitrogens is 1. The van der Waals surface area contributed by atoms with Gasteiger partial charge in [0, 0.05) is 24.8 Å². The van der Waals surface area contributed by atoms with Gasteiger partial charge in [-0.1, -0.05) is 20.8 Å². The van der Waals surface area contributed by atoms with E-state index >= 15 is 0 Å². The smallest absolute Gasteiger partial charge is 0.251 e. The summed E-state index contributed by atoms with van der Waals surface area (Å²) in [6.07, 6.45) is 1.64. The van der Waals surface area contributed by atoms with Crippen LogP contribution in [0, 0.1) is 5.41 Å². The molecule has 4 nitrogen and oxygen atoms in total. The fourth-order valence-corrected chi connectivity index (χ4v) is 1.30. The Kier molecular flexibility index (Phi) is 4.49. The molecule has 0 atom stereocenters. The van der Waals surface area contributed by atoms with Crippen LogP contribution in [0.5, 0.6) is 0 Å². The average molecular weight is 235 g/mol. The van der Waals surface area contributed by atoms with E-state index in [1.165, 1.54) is 0 Å². The van der Waals surface area contributed by atoms with Gasteiger partial charge >= 0.3 is 0 Å². The Morgan fingerprint density at radius 1 is 1.41 bits per heavy atom. The Morgan fingerprint density at radius 2 is 2.12 bits per heavy atom. The summed E-state index contributed by atoms with van der Waals surface area (Å²) in [4.78, 5) is 16.0. The number of rotatable bonds is 4. The van der Waals surface area contributed by atoms with E-state index in [9.17, 15) is 4.79 Å². The molecule has 0 aromatic carbocycles. The summed E-state index contributed by atoms with van der Waals surface area (Å²) in [5, 5.41) is 6.00. The molecule has 0 spiro atoms. The van der Waals surface area contributed by atoms with Crippen LogP contribution in [0.15, 0.2) is 18.3 Å². The molecule has 1 amide bonds. The third-order valence-electron chi connectivity index (χ3n) is 2.16. The molecule has 0 unspecified atom stereocenters. The average Bonchev–Trinajstić information content (AvgIpc) is 2.26. The zero-order valence-corrected chi connectivity index (χ0v) is 11.0. The lowest BCUT2D eigenvalue weighted by Gasteiger charge is -2.18. The van der Waals surface area contributed by atoms with Crippen molar-refractivity contribution >= 4 is 11.7 Å². The van der Waals surface area contributed by atoms with Gasteiger partial charge in [-0.25, -0.2) is 4.98 Å². The normalized spacial score (nSPS) is 11.1. The van der Waals surface area contributed by atoms with Crippen molar-refractivity contribution in [3.05, 3.63) is 23.9 Å². The molecule has 0 aliphatic rings. The summed E-state index contributed by atoms with van der Waals surface area (Å²) >= 11 is 0. The van der Waals surface area contributed by atoms with E-state index in [4.69, 9.17) is 0 Å². The van der Waals surface area contributed by atoms with Crippen molar-refractivity contribution in [1.29, 1.82) is 0 Å².